The van der Waals surface area contributed by atoms with Crippen LogP contribution in [0.15, 0.2) is 0 Å². The molecule has 0 aromatic rings. The van der Waals surface area contributed by atoms with Gasteiger partial charge in [-0.1, -0.05) is 124 Å². The van der Waals surface area contributed by atoms with Gasteiger partial charge in [-0.05, 0) is 31.1 Å². The van der Waals surface area contributed by atoms with E-state index in [4.69, 9.17) is 0 Å². The van der Waals surface area contributed by atoms with E-state index < -0.39 is 8.24 Å². The number of nitrogens with one attached hydrogen (secondary N) is 1. The largest absolute Gasteiger partial charge is 0.337 e. The van der Waals surface area contributed by atoms with E-state index in [9.17, 15) is 0 Å². The third kappa shape index (κ3) is 15.3. The first-order chi connectivity index (χ1) is 12.7. The zero-order valence-corrected chi connectivity index (χ0v) is 20.1. The Hall–Kier alpha value is 0.177. The molecular weight excluding hydrogens is 330 g/mol. The van der Waals surface area contributed by atoms with E-state index in [0.717, 1.165) is 0 Å². The average molecular weight is 384 g/mol. The molecule has 0 atom stereocenters. The van der Waals surface area contributed by atoms with Gasteiger partial charge in [0.25, 0.3) is 0 Å². The first kappa shape index (κ1) is 26.2. The molecule has 0 fully saturated rings. The lowest BCUT2D eigenvalue weighted by Crippen LogP contribution is -2.49. The van der Waals surface area contributed by atoms with Crippen molar-refractivity contribution in [2.75, 3.05) is 6.54 Å². The van der Waals surface area contributed by atoms with Crippen LogP contribution in [-0.2, 0) is 0 Å². The third-order valence-corrected chi connectivity index (χ3v) is 11.6. The molecule has 0 aliphatic heterocycles. The van der Waals surface area contributed by atoms with Crippen molar-refractivity contribution in [1.82, 2.24) is 4.98 Å². The minimum Gasteiger partial charge on any atom is -0.337 e. The maximum absolute atomic E-state index is 3.97. The quantitative estimate of drug-likeness (QED) is 0.154. The molecule has 1 nitrogen and oxygen atoms in total. The second-order valence-corrected chi connectivity index (χ2v) is 13.6. The number of hydrogen-bond acceptors (Lipinski definition) is 1. The lowest BCUT2D eigenvalue weighted by molar-refractivity contribution is 0.529. The van der Waals surface area contributed by atoms with Crippen molar-refractivity contribution in [2.24, 2.45) is 0 Å². The summed E-state index contributed by atoms with van der Waals surface area (Å²) in [5, 5.41) is 0. The molecule has 0 radical (unpaired) electrons. The Labute approximate surface area is 168 Å². The van der Waals surface area contributed by atoms with Crippen molar-refractivity contribution in [2.45, 2.75) is 149 Å². The summed E-state index contributed by atoms with van der Waals surface area (Å²) in [5.74, 6) is 0. The molecule has 0 saturated heterocycles. The summed E-state index contributed by atoms with van der Waals surface area (Å²) in [6, 6.07) is 4.20. The van der Waals surface area contributed by atoms with Gasteiger partial charge in [-0.2, -0.15) is 0 Å². The fourth-order valence-electron chi connectivity index (χ4n) is 4.15. The van der Waals surface area contributed by atoms with Crippen LogP contribution < -0.4 is 4.98 Å². The minimum atomic E-state index is -1.08. The van der Waals surface area contributed by atoms with Gasteiger partial charge in [-0.25, -0.2) is 0 Å². The van der Waals surface area contributed by atoms with E-state index >= 15 is 0 Å². The Kier molecular flexibility index (Phi) is 20.1. The van der Waals surface area contributed by atoms with Crippen LogP contribution >= 0.6 is 0 Å². The standard InChI is InChI=1S/C24H53NSi/c1-5-9-10-11-12-13-14-15-16-17-18-19-20-21-22-23-24-25-26(6-2,7-3)8-4/h25H,5-24H2,1-4H3. The van der Waals surface area contributed by atoms with E-state index in [1.807, 2.05) is 0 Å². The van der Waals surface area contributed by atoms with Gasteiger partial charge in [0.05, 0.1) is 0 Å². The Morgan fingerprint density at radius 3 is 1.04 bits per heavy atom. The van der Waals surface area contributed by atoms with E-state index in [1.165, 1.54) is 127 Å². The maximum atomic E-state index is 3.97. The number of unbranched alkanes of at least 4 members (excludes halogenated alkanes) is 15. The molecule has 0 aromatic heterocycles. The van der Waals surface area contributed by atoms with E-state index in [0.29, 0.717) is 0 Å². The first-order valence-electron chi connectivity index (χ1n) is 12.5. The van der Waals surface area contributed by atoms with E-state index in [2.05, 4.69) is 32.7 Å². The normalized spacial score (nSPS) is 12.0. The smallest absolute Gasteiger partial charge is 0.124 e. The summed E-state index contributed by atoms with van der Waals surface area (Å²) in [6.07, 6.45) is 23.4. The van der Waals surface area contributed by atoms with Crippen molar-refractivity contribution >= 4 is 8.24 Å². The predicted molar refractivity (Wildman–Crippen MR) is 125 cm³/mol. The maximum Gasteiger partial charge on any atom is 0.124 e. The second-order valence-electron chi connectivity index (χ2n) is 8.57. The van der Waals surface area contributed by atoms with Gasteiger partial charge < -0.3 is 4.98 Å². The van der Waals surface area contributed by atoms with E-state index in [1.54, 1.807) is 0 Å². The summed E-state index contributed by atoms with van der Waals surface area (Å²) < 4.78 is 0. The lowest BCUT2D eigenvalue weighted by Gasteiger charge is -2.29. The summed E-state index contributed by atoms with van der Waals surface area (Å²) in [5.41, 5.74) is 0. The van der Waals surface area contributed by atoms with Crippen LogP contribution in [-0.4, -0.2) is 14.8 Å². The molecule has 0 amide bonds. The topological polar surface area (TPSA) is 12.0 Å². The zero-order chi connectivity index (χ0) is 19.3. The van der Waals surface area contributed by atoms with Crippen LogP contribution in [0, 0.1) is 0 Å². The van der Waals surface area contributed by atoms with Gasteiger partial charge in [-0.3, -0.25) is 0 Å². The van der Waals surface area contributed by atoms with Gasteiger partial charge >= 0.3 is 0 Å². The fourth-order valence-corrected chi connectivity index (χ4v) is 7.11. The monoisotopic (exact) mass is 383 g/mol. The highest BCUT2D eigenvalue weighted by atomic mass is 28.3. The van der Waals surface area contributed by atoms with Gasteiger partial charge in [0, 0.05) is 0 Å². The van der Waals surface area contributed by atoms with Crippen molar-refractivity contribution in [3.8, 4) is 0 Å². The summed E-state index contributed by atoms with van der Waals surface area (Å²) >= 11 is 0. The number of rotatable bonds is 21. The van der Waals surface area contributed by atoms with Gasteiger partial charge in [0.2, 0.25) is 0 Å². The summed E-state index contributed by atoms with van der Waals surface area (Å²) in [6.45, 7) is 10.7. The molecular formula is C24H53NSi. The molecule has 0 bridgehead atoms. The fraction of sp³-hybridized carbons (Fsp3) is 1.00. The van der Waals surface area contributed by atoms with Crippen LogP contribution in [0.5, 0.6) is 0 Å². The first-order valence-corrected chi connectivity index (χ1v) is 15.1. The van der Waals surface area contributed by atoms with E-state index in [-0.39, 0.29) is 0 Å². The molecule has 158 valence electrons. The highest BCUT2D eigenvalue weighted by molar-refractivity contribution is 6.77. The van der Waals surface area contributed by atoms with Gasteiger partial charge in [-0.15, -0.1) is 0 Å². The van der Waals surface area contributed by atoms with Crippen LogP contribution in [0.2, 0.25) is 18.1 Å². The SMILES string of the molecule is CCCCCCCCCCCCCCCCCCN[Si](CC)(CC)CC. The molecule has 26 heavy (non-hydrogen) atoms. The third-order valence-electron chi connectivity index (χ3n) is 6.56. The molecule has 0 heterocycles. The molecule has 0 saturated carbocycles. The van der Waals surface area contributed by atoms with Crippen LogP contribution in [0.4, 0.5) is 0 Å². The highest BCUT2D eigenvalue weighted by Crippen LogP contribution is 2.17. The Morgan fingerprint density at radius 1 is 0.423 bits per heavy atom. The summed E-state index contributed by atoms with van der Waals surface area (Å²) in [7, 11) is -1.08. The second kappa shape index (κ2) is 19.9. The molecule has 2 heteroatoms. The van der Waals surface area contributed by atoms with Crippen LogP contribution in [0.25, 0.3) is 0 Å². The molecule has 1 N–H and O–H groups in total. The van der Waals surface area contributed by atoms with Crippen LogP contribution in [0.1, 0.15) is 130 Å². The molecule has 0 aliphatic rings. The van der Waals surface area contributed by atoms with Crippen molar-refractivity contribution in [3.05, 3.63) is 0 Å². The van der Waals surface area contributed by atoms with Gasteiger partial charge in [0.15, 0.2) is 0 Å². The average Bonchev–Trinajstić information content (AvgIpc) is 2.68. The number of hydrogen-bond donors (Lipinski definition) is 1. The Morgan fingerprint density at radius 2 is 0.731 bits per heavy atom. The Balaban J connectivity index is 3.20. The molecule has 0 spiro atoms. The minimum absolute atomic E-state index is 1.08. The summed E-state index contributed by atoms with van der Waals surface area (Å²) in [4.78, 5) is 3.97. The molecule has 0 unspecified atom stereocenters. The molecule has 0 aliphatic carbocycles. The molecule has 0 aromatic carbocycles. The van der Waals surface area contributed by atoms with Crippen LogP contribution in [0.3, 0.4) is 0 Å². The van der Waals surface area contributed by atoms with Crippen molar-refractivity contribution < 1.29 is 0 Å². The zero-order valence-electron chi connectivity index (χ0n) is 19.1. The van der Waals surface area contributed by atoms with Crippen molar-refractivity contribution in [1.29, 1.82) is 0 Å². The predicted octanol–water partition coefficient (Wildman–Crippen LogP) is 8.84. The highest BCUT2D eigenvalue weighted by Gasteiger charge is 2.25. The Bertz CT molecular complexity index is 255. The van der Waals surface area contributed by atoms with Crippen molar-refractivity contribution in [3.63, 3.8) is 0 Å². The lowest BCUT2D eigenvalue weighted by atomic mass is 10.0. The molecule has 0 rings (SSSR count). The van der Waals surface area contributed by atoms with Gasteiger partial charge in [0.1, 0.15) is 8.24 Å².